The largest absolute Gasteiger partial charge is 0.299 e. The summed E-state index contributed by atoms with van der Waals surface area (Å²) in [5.74, 6) is -0.704. The minimum absolute atomic E-state index is 0.0850. The van der Waals surface area contributed by atoms with Crippen LogP contribution in [-0.4, -0.2) is 11.6 Å². The molecule has 0 saturated heterocycles. The molecule has 2 nitrogen and oxygen atoms in total. The third-order valence-corrected chi connectivity index (χ3v) is 2.41. The number of hydrogen-bond acceptors (Lipinski definition) is 2. The standard InChI is InChI=1S/C12H14O2.C2H6/c1-8-6-4-5-7-11(8)12(14)9(2)10(3)13;1-2/h4-7,9H,1-3H3;1-2H3. The fourth-order valence-electron chi connectivity index (χ4n) is 1.27. The summed E-state index contributed by atoms with van der Waals surface area (Å²) >= 11 is 0. The van der Waals surface area contributed by atoms with E-state index >= 15 is 0 Å². The average molecular weight is 220 g/mol. The van der Waals surface area contributed by atoms with E-state index in [9.17, 15) is 9.59 Å². The van der Waals surface area contributed by atoms with Crippen LogP contribution in [0.15, 0.2) is 24.3 Å². The van der Waals surface area contributed by atoms with Crippen LogP contribution in [0.5, 0.6) is 0 Å². The molecule has 0 radical (unpaired) electrons. The highest BCUT2D eigenvalue weighted by molar-refractivity contribution is 6.10. The molecule has 0 aliphatic heterocycles. The Morgan fingerprint density at radius 2 is 1.62 bits per heavy atom. The lowest BCUT2D eigenvalue weighted by molar-refractivity contribution is -0.118. The van der Waals surface area contributed by atoms with E-state index in [0.29, 0.717) is 5.56 Å². The predicted molar refractivity (Wildman–Crippen MR) is 66.7 cm³/mol. The second-order valence-electron chi connectivity index (χ2n) is 3.51. The Morgan fingerprint density at radius 3 is 2.06 bits per heavy atom. The normalized spacial score (nSPS) is 11.1. The predicted octanol–water partition coefficient (Wildman–Crippen LogP) is 3.43. The van der Waals surface area contributed by atoms with Crippen LogP contribution in [-0.2, 0) is 4.79 Å². The Balaban J connectivity index is 0.00000106. The minimum atomic E-state index is -0.531. The van der Waals surface area contributed by atoms with Crippen molar-refractivity contribution in [3.8, 4) is 0 Å². The zero-order valence-electron chi connectivity index (χ0n) is 10.7. The summed E-state index contributed by atoms with van der Waals surface area (Å²) in [5.41, 5.74) is 1.57. The summed E-state index contributed by atoms with van der Waals surface area (Å²) in [7, 11) is 0. The summed E-state index contributed by atoms with van der Waals surface area (Å²) in [6.45, 7) is 8.97. The van der Waals surface area contributed by atoms with Crippen molar-refractivity contribution >= 4 is 11.6 Å². The van der Waals surface area contributed by atoms with Gasteiger partial charge in [-0.15, -0.1) is 0 Å². The van der Waals surface area contributed by atoms with Crippen molar-refractivity contribution in [3.05, 3.63) is 35.4 Å². The molecule has 0 aliphatic carbocycles. The molecule has 88 valence electrons. The number of carbonyl (C=O) groups excluding carboxylic acids is 2. The van der Waals surface area contributed by atoms with E-state index in [4.69, 9.17) is 0 Å². The summed E-state index contributed by atoms with van der Waals surface area (Å²) in [5, 5.41) is 0. The van der Waals surface area contributed by atoms with Gasteiger partial charge in [-0.3, -0.25) is 9.59 Å². The lowest BCUT2D eigenvalue weighted by Gasteiger charge is -2.08. The summed E-state index contributed by atoms with van der Waals surface area (Å²) in [6.07, 6.45) is 0. The van der Waals surface area contributed by atoms with Gasteiger partial charge in [-0.1, -0.05) is 38.1 Å². The van der Waals surface area contributed by atoms with Crippen molar-refractivity contribution in [3.63, 3.8) is 0 Å². The van der Waals surface area contributed by atoms with Crippen molar-refractivity contribution in [2.75, 3.05) is 0 Å². The molecule has 0 bridgehead atoms. The maximum atomic E-state index is 11.8. The van der Waals surface area contributed by atoms with Crippen LogP contribution in [0.4, 0.5) is 0 Å². The molecule has 1 rings (SSSR count). The lowest BCUT2D eigenvalue weighted by atomic mass is 9.93. The number of ketones is 2. The molecule has 0 spiro atoms. The monoisotopic (exact) mass is 220 g/mol. The van der Waals surface area contributed by atoms with Crippen LogP contribution in [0.2, 0.25) is 0 Å². The van der Waals surface area contributed by atoms with E-state index in [0.717, 1.165) is 5.56 Å². The molecule has 1 atom stereocenters. The van der Waals surface area contributed by atoms with Crippen LogP contribution in [0, 0.1) is 12.8 Å². The maximum Gasteiger partial charge on any atom is 0.173 e. The fraction of sp³-hybridized carbons (Fsp3) is 0.429. The zero-order valence-corrected chi connectivity index (χ0v) is 10.7. The highest BCUT2D eigenvalue weighted by atomic mass is 16.1. The van der Waals surface area contributed by atoms with E-state index in [2.05, 4.69) is 0 Å². The molecular weight excluding hydrogens is 200 g/mol. The molecule has 0 heterocycles. The number of carbonyl (C=O) groups is 2. The van der Waals surface area contributed by atoms with E-state index in [-0.39, 0.29) is 11.6 Å². The van der Waals surface area contributed by atoms with Crippen LogP contribution in [0.3, 0.4) is 0 Å². The Hall–Kier alpha value is -1.44. The van der Waals surface area contributed by atoms with Crippen LogP contribution < -0.4 is 0 Å². The molecular formula is C14H20O2. The number of benzene rings is 1. The molecule has 0 aromatic heterocycles. The fourth-order valence-corrected chi connectivity index (χ4v) is 1.27. The van der Waals surface area contributed by atoms with Crippen molar-refractivity contribution in [2.45, 2.75) is 34.6 Å². The van der Waals surface area contributed by atoms with Crippen molar-refractivity contribution in [1.82, 2.24) is 0 Å². The van der Waals surface area contributed by atoms with E-state index in [1.807, 2.05) is 39.0 Å². The molecule has 1 unspecified atom stereocenters. The van der Waals surface area contributed by atoms with Gasteiger partial charge in [0, 0.05) is 5.56 Å². The van der Waals surface area contributed by atoms with Gasteiger partial charge in [0.1, 0.15) is 5.78 Å². The molecule has 1 aromatic rings. The van der Waals surface area contributed by atoms with Gasteiger partial charge >= 0.3 is 0 Å². The Kier molecular flexibility index (Phi) is 6.31. The first kappa shape index (κ1) is 14.6. The summed E-state index contributed by atoms with van der Waals surface area (Å²) in [6, 6.07) is 7.33. The molecule has 0 amide bonds. The van der Waals surface area contributed by atoms with Gasteiger partial charge < -0.3 is 0 Å². The smallest absolute Gasteiger partial charge is 0.173 e. The van der Waals surface area contributed by atoms with Crippen molar-refractivity contribution < 1.29 is 9.59 Å². The SMILES string of the molecule is CC.CC(=O)C(C)C(=O)c1ccccc1C. The summed E-state index contributed by atoms with van der Waals surface area (Å²) in [4.78, 5) is 22.8. The Morgan fingerprint density at radius 1 is 1.12 bits per heavy atom. The van der Waals surface area contributed by atoms with Crippen LogP contribution >= 0.6 is 0 Å². The minimum Gasteiger partial charge on any atom is -0.299 e. The number of rotatable bonds is 3. The highest BCUT2D eigenvalue weighted by Crippen LogP contribution is 2.13. The third kappa shape index (κ3) is 3.61. The Labute approximate surface area is 97.7 Å². The number of hydrogen-bond donors (Lipinski definition) is 0. The second kappa shape index (κ2) is 6.94. The van der Waals surface area contributed by atoms with Gasteiger partial charge in [-0.05, 0) is 26.3 Å². The van der Waals surface area contributed by atoms with E-state index < -0.39 is 5.92 Å². The molecule has 16 heavy (non-hydrogen) atoms. The van der Waals surface area contributed by atoms with Crippen molar-refractivity contribution in [2.24, 2.45) is 5.92 Å². The Bertz CT molecular complexity index is 367. The van der Waals surface area contributed by atoms with Gasteiger partial charge in [0.25, 0.3) is 0 Å². The van der Waals surface area contributed by atoms with Gasteiger partial charge in [-0.2, -0.15) is 0 Å². The lowest BCUT2D eigenvalue weighted by Crippen LogP contribution is -2.19. The molecule has 0 N–H and O–H groups in total. The molecule has 0 fully saturated rings. The first-order chi connectivity index (χ1) is 7.54. The van der Waals surface area contributed by atoms with Gasteiger partial charge in [0.05, 0.1) is 5.92 Å². The highest BCUT2D eigenvalue weighted by Gasteiger charge is 2.20. The van der Waals surface area contributed by atoms with Crippen LogP contribution in [0.25, 0.3) is 0 Å². The summed E-state index contributed by atoms with van der Waals surface area (Å²) < 4.78 is 0. The van der Waals surface area contributed by atoms with Gasteiger partial charge in [-0.25, -0.2) is 0 Å². The van der Waals surface area contributed by atoms with Crippen LogP contribution in [0.1, 0.15) is 43.6 Å². The maximum absolute atomic E-state index is 11.8. The second-order valence-corrected chi connectivity index (χ2v) is 3.51. The quantitative estimate of drug-likeness (QED) is 0.577. The topological polar surface area (TPSA) is 34.1 Å². The number of Topliss-reactive ketones (excluding diaryl/α,β-unsaturated/α-hetero) is 2. The van der Waals surface area contributed by atoms with E-state index in [1.165, 1.54) is 6.92 Å². The van der Waals surface area contributed by atoms with Crippen molar-refractivity contribution in [1.29, 1.82) is 0 Å². The number of aryl methyl sites for hydroxylation is 1. The molecule has 1 aromatic carbocycles. The van der Waals surface area contributed by atoms with E-state index in [1.54, 1.807) is 13.0 Å². The van der Waals surface area contributed by atoms with Gasteiger partial charge in [0.2, 0.25) is 0 Å². The van der Waals surface area contributed by atoms with Gasteiger partial charge in [0.15, 0.2) is 5.78 Å². The first-order valence-corrected chi connectivity index (χ1v) is 5.64. The molecule has 0 aliphatic rings. The third-order valence-electron chi connectivity index (χ3n) is 2.41. The zero-order chi connectivity index (χ0) is 12.7. The first-order valence-electron chi connectivity index (χ1n) is 5.64. The molecule has 2 heteroatoms. The molecule has 0 saturated carbocycles. The average Bonchev–Trinajstić information content (AvgIpc) is 2.30.